The summed E-state index contributed by atoms with van der Waals surface area (Å²) >= 11 is 1.12. The Bertz CT molecular complexity index is 1290. The van der Waals surface area contributed by atoms with Crippen LogP contribution in [0.1, 0.15) is 19.8 Å². The largest absolute Gasteiger partial charge is 0.466 e. The lowest BCUT2D eigenvalue weighted by Gasteiger charge is -2.31. The number of piperidine rings is 1. The van der Waals surface area contributed by atoms with E-state index >= 15 is 0 Å². The molecule has 3 aromatic rings. The molecular weight excluding hydrogens is 437 g/mol. The van der Waals surface area contributed by atoms with Crippen molar-refractivity contribution in [2.24, 2.45) is 5.92 Å². The maximum atomic E-state index is 14.4. The van der Waals surface area contributed by atoms with Gasteiger partial charge in [-0.1, -0.05) is 12.1 Å². The van der Waals surface area contributed by atoms with Crippen molar-refractivity contribution in [1.29, 1.82) is 0 Å². The first kappa shape index (κ1) is 21.9. The molecule has 0 saturated carbocycles. The van der Waals surface area contributed by atoms with Gasteiger partial charge < -0.3 is 9.64 Å². The smallest absolute Gasteiger partial charge is 0.336 e. The summed E-state index contributed by atoms with van der Waals surface area (Å²) in [5, 5.41) is 1.65. The summed E-state index contributed by atoms with van der Waals surface area (Å²) in [7, 11) is 0. The summed E-state index contributed by atoms with van der Waals surface area (Å²) in [6.45, 7) is 2.35. The first-order chi connectivity index (χ1) is 15.4. The third-order valence-electron chi connectivity index (χ3n) is 5.54. The second kappa shape index (κ2) is 9.07. The van der Waals surface area contributed by atoms with Gasteiger partial charge in [0.05, 0.1) is 23.7 Å². The molecule has 1 aromatic carbocycles. The van der Waals surface area contributed by atoms with Crippen LogP contribution in [0, 0.1) is 11.7 Å². The highest BCUT2D eigenvalue weighted by atomic mass is 32.1. The lowest BCUT2D eigenvalue weighted by Crippen LogP contribution is -2.46. The number of fused-ring (bicyclic) bond motifs is 1. The van der Waals surface area contributed by atoms with Crippen molar-refractivity contribution in [3.63, 3.8) is 0 Å². The zero-order valence-corrected chi connectivity index (χ0v) is 18.3. The average Bonchev–Trinajstić information content (AvgIpc) is 3.28. The third kappa shape index (κ3) is 3.97. The number of carbonyl (C=O) groups is 2. The van der Waals surface area contributed by atoms with Gasteiger partial charge in [0, 0.05) is 13.1 Å². The summed E-state index contributed by atoms with van der Waals surface area (Å²) < 4.78 is 21.7. The number of amides is 1. The normalized spacial score (nSPS) is 16.3. The van der Waals surface area contributed by atoms with Crippen LogP contribution in [0.25, 0.3) is 15.9 Å². The second-order valence-electron chi connectivity index (χ2n) is 7.53. The topological polar surface area (TPSA) is 90.6 Å². The van der Waals surface area contributed by atoms with Crippen LogP contribution in [0.2, 0.25) is 0 Å². The van der Waals surface area contributed by atoms with E-state index < -0.39 is 23.0 Å². The molecule has 10 heteroatoms. The number of benzene rings is 1. The van der Waals surface area contributed by atoms with Gasteiger partial charge >= 0.3 is 11.7 Å². The molecule has 1 atom stereocenters. The van der Waals surface area contributed by atoms with E-state index in [0.717, 1.165) is 15.9 Å². The van der Waals surface area contributed by atoms with Crippen LogP contribution < -0.4 is 11.2 Å². The molecule has 0 N–H and O–H groups in total. The van der Waals surface area contributed by atoms with Gasteiger partial charge in [-0.3, -0.25) is 19.0 Å². The Morgan fingerprint density at radius 2 is 2.00 bits per heavy atom. The molecular formula is C22H22FN3O5S. The van der Waals surface area contributed by atoms with Gasteiger partial charge in [-0.2, -0.15) is 0 Å². The van der Waals surface area contributed by atoms with E-state index in [-0.39, 0.29) is 42.0 Å². The van der Waals surface area contributed by atoms with Crippen molar-refractivity contribution >= 4 is 33.4 Å². The summed E-state index contributed by atoms with van der Waals surface area (Å²) in [5.41, 5.74) is -1.27. The molecule has 8 nitrogen and oxygen atoms in total. The number of rotatable bonds is 5. The molecule has 1 saturated heterocycles. The monoisotopic (exact) mass is 459 g/mol. The first-order valence-electron chi connectivity index (χ1n) is 10.3. The number of aromatic nitrogens is 2. The standard InChI is InChI=1S/C22H22FN3O5S/c1-2-31-21(29)14-6-5-10-24(12-14)18(27)13-25-17-9-11-32-19(17)20(28)26(22(25)30)16-8-4-3-7-15(16)23/h3-4,7-9,11,14H,2,5-6,10,12-13H2,1H3/t14-/m1/s1. The molecule has 32 heavy (non-hydrogen) atoms. The molecule has 1 aliphatic rings. The number of ether oxygens (including phenoxy) is 1. The minimum Gasteiger partial charge on any atom is -0.466 e. The number of thiophene rings is 1. The number of likely N-dealkylation sites (tertiary alicyclic amines) is 1. The van der Waals surface area contributed by atoms with Crippen molar-refractivity contribution in [3.05, 3.63) is 62.4 Å². The fourth-order valence-electron chi connectivity index (χ4n) is 3.98. The van der Waals surface area contributed by atoms with Crippen molar-refractivity contribution in [1.82, 2.24) is 14.0 Å². The van der Waals surface area contributed by atoms with E-state index in [9.17, 15) is 23.6 Å². The predicted octanol–water partition coefficient (Wildman–Crippen LogP) is 2.15. The first-order valence-corrected chi connectivity index (χ1v) is 11.2. The van der Waals surface area contributed by atoms with Crippen LogP contribution in [-0.2, 0) is 20.9 Å². The lowest BCUT2D eigenvalue weighted by atomic mass is 9.98. The van der Waals surface area contributed by atoms with E-state index in [2.05, 4.69) is 0 Å². The molecule has 0 aliphatic carbocycles. The van der Waals surface area contributed by atoms with Crippen LogP contribution in [0.4, 0.5) is 4.39 Å². The van der Waals surface area contributed by atoms with Crippen LogP contribution in [0.5, 0.6) is 0 Å². The van der Waals surface area contributed by atoms with Gasteiger partial charge in [0.1, 0.15) is 17.1 Å². The molecule has 1 amide bonds. The molecule has 1 aliphatic heterocycles. The molecule has 0 unspecified atom stereocenters. The molecule has 1 fully saturated rings. The zero-order valence-electron chi connectivity index (χ0n) is 17.5. The average molecular weight is 459 g/mol. The third-order valence-corrected chi connectivity index (χ3v) is 6.43. The Kier molecular flexibility index (Phi) is 6.22. The van der Waals surface area contributed by atoms with Gasteiger partial charge in [0.25, 0.3) is 5.56 Å². The Morgan fingerprint density at radius 1 is 1.22 bits per heavy atom. The summed E-state index contributed by atoms with van der Waals surface area (Å²) in [6, 6.07) is 7.10. The zero-order chi connectivity index (χ0) is 22.8. The highest BCUT2D eigenvalue weighted by Gasteiger charge is 2.30. The van der Waals surface area contributed by atoms with Crippen LogP contribution in [0.3, 0.4) is 0 Å². The fraction of sp³-hybridized carbons (Fsp3) is 0.364. The highest BCUT2D eigenvalue weighted by Crippen LogP contribution is 2.20. The molecule has 0 radical (unpaired) electrons. The van der Waals surface area contributed by atoms with E-state index in [4.69, 9.17) is 4.74 Å². The lowest BCUT2D eigenvalue weighted by molar-refractivity contribution is -0.151. The van der Waals surface area contributed by atoms with Crippen LogP contribution in [0.15, 0.2) is 45.3 Å². The van der Waals surface area contributed by atoms with Crippen LogP contribution >= 0.6 is 11.3 Å². The van der Waals surface area contributed by atoms with Gasteiger partial charge in [-0.05, 0) is 43.3 Å². The number of hydrogen-bond donors (Lipinski definition) is 0. The molecule has 0 spiro atoms. The fourth-order valence-corrected chi connectivity index (χ4v) is 4.80. The minimum atomic E-state index is -0.793. The maximum absolute atomic E-state index is 14.4. The number of halogens is 1. The van der Waals surface area contributed by atoms with Gasteiger partial charge in [-0.15, -0.1) is 11.3 Å². The Hall–Kier alpha value is -3.27. The molecule has 4 rings (SSSR count). The SMILES string of the molecule is CCOC(=O)[C@@H]1CCCN(C(=O)Cn2c(=O)n(-c3ccccc3F)c(=O)c3sccc32)C1. The second-order valence-corrected chi connectivity index (χ2v) is 8.44. The van der Waals surface area contributed by atoms with Crippen molar-refractivity contribution in [3.8, 4) is 5.69 Å². The maximum Gasteiger partial charge on any atom is 0.336 e. The van der Waals surface area contributed by atoms with Crippen molar-refractivity contribution < 1.29 is 18.7 Å². The van der Waals surface area contributed by atoms with Crippen LogP contribution in [-0.4, -0.2) is 45.6 Å². The van der Waals surface area contributed by atoms with E-state index in [1.165, 1.54) is 33.7 Å². The Labute approximate surface area is 186 Å². The van der Waals surface area contributed by atoms with Gasteiger partial charge in [0.15, 0.2) is 0 Å². The van der Waals surface area contributed by atoms with Crippen molar-refractivity contribution in [2.75, 3.05) is 19.7 Å². The molecule has 3 heterocycles. The van der Waals surface area contributed by atoms with Gasteiger partial charge in [0.2, 0.25) is 5.91 Å². The van der Waals surface area contributed by atoms with E-state index in [1.807, 2.05) is 0 Å². The number of nitrogens with zero attached hydrogens (tertiary/aromatic N) is 3. The van der Waals surface area contributed by atoms with E-state index in [1.54, 1.807) is 18.4 Å². The van der Waals surface area contributed by atoms with Crippen molar-refractivity contribution in [2.45, 2.75) is 26.3 Å². The Morgan fingerprint density at radius 3 is 2.75 bits per heavy atom. The molecule has 0 bridgehead atoms. The van der Waals surface area contributed by atoms with Gasteiger partial charge in [-0.25, -0.2) is 13.8 Å². The number of carbonyl (C=O) groups excluding carboxylic acids is 2. The summed E-state index contributed by atoms with van der Waals surface area (Å²) in [5.74, 6) is -1.81. The molecule has 2 aromatic heterocycles. The Balaban J connectivity index is 1.71. The summed E-state index contributed by atoms with van der Waals surface area (Å²) in [4.78, 5) is 52.9. The number of hydrogen-bond acceptors (Lipinski definition) is 6. The quantitative estimate of drug-likeness (QED) is 0.546. The number of esters is 1. The minimum absolute atomic E-state index is 0.167. The predicted molar refractivity (Wildman–Crippen MR) is 118 cm³/mol. The summed E-state index contributed by atoms with van der Waals surface area (Å²) in [6.07, 6.45) is 1.28. The highest BCUT2D eigenvalue weighted by molar-refractivity contribution is 7.17. The van der Waals surface area contributed by atoms with E-state index in [0.29, 0.717) is 24.9 Å². The number of para-hydroxylation sites is 1. The molecule has 168 valence electrons.